The molecule has 1 aromatic carbocycles. The summed E-state index contributed by atoms with van der Waals surface area (Å²) in [5, 5.41) is 12.8. The molecule has 0 aliphatic heterocycles. The number of aliphatic hydroxyl groups is 1. The van der Waals surface area contributed by atoms with E-state index in [0.717, 1.165) is 43.4 Å². The maximum atomic E-state index is 12.6. The molecule has 2 amide bonds. The zero-order valence-electron chi connectivity index (χ0n) is 25.0. The molecule has 0 spiro atoms. The number of carbonyl (C=O) groups is 2. The number of amides is 2. The largest absolute Gasteiger partial charge is 0.393 e. The molecule has 0 aromatic heterocycles. The second kappa shape index (κ2) is 12.2. The van der Waals surface area contributed by atoms with Crippen molar-refractivity contribution in [2.75, 3.05) is 6.54 Å². The minimum absolute atomic E-state index is 0.0662. The Balaban J connectivity index is 1.12. The molecule has 3 N–H and O–H groups in total. The van der Waals surface area contributed by atoms with Gasteiger partial charge in [-0.3, -0.25) is 9.59 Å². The second-order valence-electron chi connectivity index (χ2n) is 14.2. The van der Waals surface area contributed by atoms with Crippen LogP contribution < -0.4 is 10.0 Å². The fourth-order valence-electron chi connectivity index (χ4n) is 9.97. The Hall–Kier alpha value is -1.35. The Kier molecular flexibility index (Phi) is 9.32. The Morgan fingerprint density at radius 1 is 1.00 bits per heavy atom. The molecular formula is C32H46Cl2N2O5S. The van der Waals surface area contributed by atoms with Gasteiger partial charge in [-0.05, 0) is 123 Å². The first-order valence-electron chi connectivity index (χ1n) is 15.7. The molecule has 0 heterocycles. The Bertz CT molecular complexity index is 1310. The van der Waals surface area contributed by atoms with E-state index in [2.05, 4.69) is 26.1 Å². The van der Waals surface area contributed by atoms with Gasteiger partial charge in [-0.1, -0.05) is 50.0 Å². The first-order chi connectivity index (χ1) is 19.8. The third-order valence-electron chi connectivity index (χ3n) is 12.1. The SMILES string of the molecule is CC(CCC(=O)NCC(=O)NS(=O)(=O)c1cccc(Cl)c1Cl)C1CCC2C3CCC4CC(O)CCC4(C)C3CCC12C. The van der Waals surface area contributed by atoms with Crippen molar-refractivity contribution >= 4 is 45.0 Å². The average Bonchev–Trinajstić information content (AvgIpc) is 3.29. The van der Waals surface area contributed by atoms with Crippen LogP contribution in [0.5, 0.6) is 0 Å². The van der Waals surface area contributed by atoms with Crippen LogP contribution in [0.3, 0.4) is 0 Å². The van der Waals surface area contributed by atoms with E-state index < -0.39 is 22.5 Å². The highest BCUT2D eigenvalue weighted by molar-refractivity contribution is 7.90. The third-order valence-corrected chi connectivity index (χ3v) is 14.5. The Labute approximate surface area is 260 Å². The van der Waals surface area contributed by atoms with E-state index in [1.54, 1.807) is 0 Å². The zero-order chi connectivity index (χ0) is 30.4. The van der Waals surface area contributed by atoms with Crippen molar-refractivity contribution < 1.29 is 23.1 Å². The highest BCUT2D eigenvalue weighted by Crippen LogP contribution is 2.68. The van der Waals surface area contributed by atoms with Crippen LogP contribution in [0, 0.1) is 46.3 Å². The van der Waals surface area contributed by atoms with Gasteiger partial charge in [0.05, 0.1) is 22.7 Å². The quantitative estimate of drug-likeness (QED) is 0.306. The summed E-state index contributed by atoms with van der Waals surface area (Å²) in [6.07, 6.45) is 11.6. The van der Waals surface area contributed by atoms with E-state index in [1.165, 1.54) is 56.7 Å². The molecule has 4 aliphatic carbocycles. The van der Waals surface area contributed by atoms with Crippen LogP contribution in [0.4, 0.5) is 0 Å². The van der Waals surface area contributed by atoms with Gasteiger partial charge in [0.2, 0.25) is 5.91 Å². The van der Waals surface area contributed by atoms with Crippen LogP contribution in [-0.4, -0.2) is 38.0 Å². The lowest BCUT2D eigenvalue weighted by Gasteiger charge is -2.61. The van der Waals surface area contributed by atoms with E-state index >= 15 is 0 Å². The third kappa shape index (κ3) is 5.99. The predicted molar refractivity (Wildman–Crippen MR) is 164 cm³/mol. The lowest BCUT2D eigenvalue weighted by molar-refractivity contribution is -0.130. The number of carbonyl (C=O) groups excluding carboxylic acids is 2. The van der Waals surface area contributed by atoms with E-state index in [0.29, 0.717) is 35.0 Å². The molecule has 4 saturated carbocycles. The topological polar surface area (TPSA) is 113 Å². The molecule has 1 aromatic rings. The van der Waals surface area contributed by atoms with Crippen molar-refractivity contribution in [3.8, 4) is 0 Å². The molecule has 0 bridgehead atoms. The number of benzene rings is 1. The number of halogens is 2. The van der Waals surface area contributed by atoms with Gasteiger partial charge in [0, 0.05) is 6.42 Å². The van der Waals surface area contributed by atoms with E-state index in [-0.39, 0.29) is 27.0 Å². The fraction of sp³-hybridized carbons (Fsp3) is 0.750. The number of hydrogen-bond donors (Lipinski definition) is 3. The molecule has 9 atom stereocenters. The minimum atomic E-state index is -4.22. The van der Waals surface area contributed by atoms with Crippen LogP contribution in [0.15, 0.2) is 23.1 Å². The van der Waals surface area contributed by atoms with Gasteiger partial charge < -0.3 is 10.4 Å². The summed E-state index contributed by atoms with van der Waals surface area (Å²) in [5.74, 6) is 2.81. The molecule has 0 saturated heterocycles. The van der Waals surface area contributed by atoms with Crippen molar-refractivity contribution in [3.63, 3.8) is 0 Å². The van der Waals surface area contributed by atoms with Crippen LogP contribution in [0.25, 0.3) is 0 Å². The maximum absolute atomic E-state index is 12.6. The molecule has 4 fully saturated rings. The number of nitrogens with one attached hydrogen (secondary N) is 2. The molecule has 9 unspecified atom stereocenters. The number of aliphatic hydroxyl groups excluding tert-OH is 1. The molecule has 5 rings (SSSR count). The number of hydrogen-bond acceptors (Lipinski definition) is 5. The molecule has 0 radical (unpaired) electrons. The number of fused-ring (bicyclic) bond motifs is 5. The summed E-state index contributed by atoms with van der Waals surface area (Å²) in [7, 11) is -4.22. The maximum Gasteiger partial charge on any atom is 0.265 e. The van der Waals surface area contributed by atoms with Gasteiger partial charge >= 0.3 is 0 Å². The summed E-state index contributed by atoms with van der Waals surface area (Å²) in [4.78, 5) is 24.7. The van der Waals surface area contributed by atoms with Crippen molar-refractivity contribution in [3.05, 3.63) is 28.2 Å². The molecule has 234 valence electrons. The molecular weight excluding hydrogens is 595 g/mol. The highest BCUT2D eigenvalue weighted by atomic mass is 35.5. The normalized spacial score (nSPS) is 36.7. The van der Waals surface area contributed by atoms with Gasteiger partial charge in [-0.15, -0.1) is 0 Å². The zero-order valence-corrected chi connectivity index (χ0v) is 27.3. The number of sulfonamides is 1. The summed E-state index contributed by atoms with van der Waals surface area (Å²) >= 11 is 11.9. The van der Waals surface area contributed by atoms with E-state index in [4.69, 9.17) is 23.2 Å². The fourth-order valence-corrected chi connectivity index (χ4v) is 11.7. The minimum Gasteiger partial charge on any atom is -0.393 e. The lowest BCUT2D eigenvalue weighted by atomic mass is 9.44. The van der Waals surface area contributed by atoms with Gasteiger partial charge in [-0.25, -0.2) is 13.1 Å². The Morgan fingerprint density at radius 3 is 2.48 bits per heavy atom. The molecule has 10 heteroatoms. The van der Waals surface area contributed by atoms with Crippen LogP contribution in [0.2, 0.25) is 10.0 Å². The summed E-state index contributed by atoms with van der Waals surface area (Å²) < 4.78 is 27.1. The molecule has 7 nitrogen and oxygen atoms in total. The van der Waals surface area contributed by atoms with Crippen LogP contribution in [-0.2, 0) is 19.6 Å². The van der Waals surface area contributed by atoms with Gasteiger partial charge in [0.1, 0.15) is 4.90 Å². The average molecular weight is 642 g/mol. The van der Waals surface area contributed by atoms with Crippen molar-refractivity contribution in [1.29, 1.82) is 0 Å². The van der Waals surface area contributed by atoms with Crippen molar-refractivity contribution in [2.45, 2.75) is 102 Å². The van der Waals surface area contributed by atoms with Gasteiger partial charge in [0.15, 0.2) is 0 Å². The van der Waals surface area contributed by atoms with Crippen molar-refractivity contribution in [2.24, 2.45) is 46.3 Å². The van der Waals surface area contributed by atoms with Crippen molar-refractivity contribution in [1.82, 2.24) is 10.0 Å². The van der Waals surface area contributed by atoms with E-state index in [1.807, 2.05) is 4.72 Å². The van der Waals surface area contributed by atoms with E-state index in [9.17, 15) is 23.1 Å². The summed E-state index contributed by atoms with van der Waals surface area (Å²) in [6, 6.07) is 4.15. The van der Waals surface area contributed by atoms with Crippen LogP contribution in [0.1, 0.15) is 91.4 Å². The van der Waals surface area contributed by atoms with Gasteiger partial charge in [-0.2, -0.15) is 0 Å². The second-order valence-corrected chi connectivity index (χ2v) is 16.6. The lowest BCUT2D eigenvalue weighted by Crippen LogP contribution is -2.54. The first-order valence-corrected chi connectivity index (χ1v) is 17.9. The predicted octanol–water partition coefficient (Wildman–Crippen LogP) is 6.35. The smallest absolute Gasteiger partial charge is 0.265 e. The highest BCUT2D eigenvalue weighted by Gasteiger charge is 2.60. The first kappa shape index (κ1) is 32.1. The summed E-state index contributed by atoms with van der Waals surface area (Å²) in [5.41, 5.74) is 0.668. The van der Waals surface area contributed by atoms with Gasteiger partial charge in [0.25, 0.3) is 15.9 Å². The number of rotatable bonds is 8. The monoisotopic (exact) mass is 640 g/mol. The standard InChI is InChI=1S/C32H46Cl2N2O5S/c1-19(7-12-28(38)35-18-29(39)36-42(40,41)27-6-4-5-26(33)30(27)34)23-10-11-24-22-9-8-20-17-21(37)13-15-31(20,2)25(22)14-16-32(23,24)3/h4-6,19-25,37H,7-18H2,1-3H3,(H,35,38)(H,36,39). The van der Waals surface area contributed by atoms with Crippen LogP contribution >= 0.6 is 23.2 Å². The molecule has 4 aliphatic rings. The molecule has 42 heavy (non-hydrogen) atoms. The Morgan fingerprint density at radius 2 is 1.71 bits per heavy atom. The summed E-state index contributed by atoms with van der Waals surface area (Å²) in [6.45, 7) is 6.87.